The summed E-state index contributed by atoms with van der Waals surface area (Å²) in [4.78, 5) is 40.7. The molecule has 2 amide bonds. The Hall–Kier alpha value is -3.78. The lowest BCUT2D eigenvalue weighted by molar-refractivity contribution is -0.145. The number of carbonyl (C=O) groups is 2. The van der Waals surface area contributed by atoms with Gasteiger partial charge in [0, 0.05) is 52.2 Å². The van der Waals surface area contributed by atoms with Crippen molar-refractivity contribution in [1.82, 2.24) is 24.8 Å². The number of aryl methyl sites for hydroxylation is 1. The number of hydrogen-bond donors (Lipinski definition) is 1. The van der Waals surface area contributed by atoms with Gasteiger partial charge in [-0.15, -0.1) is 11.3 Å². The maximum absolute atomic E-state index is 14.1. The van der Waals surface area contributed by atoms with Gasteiger partial charge in [0.15, 0.2) is 0 Å². The van der Waals surface area contributed by atoms with Crippen LogP contribution in [-0.2, 0) is 10.9 Å². The zero-order valence-corrected chi connectivity index (χ0v) is 24.6. The number of ether oxygens (including phenoxy) is 2. The maximum atomic E-state index is 14.1. The van der Waals surface area contributed by atoms with Gasteiger partial charge < -0.3 is 24.4 Å². The van der Waals surface area contributed by atoms with E-state index < -0.39 is 35.8 Å². The van der Waals surface area contributed by atoms with Gasteiger partial charge in [0.1, 0.15) is 23.5 Å². The van der Waals surface area contributed by atoms with Crippen LogP contribution in [0.2, 0.25) is 0 Å². The molecule has 1 saturated heterocycles. The minimum Gasteiger partial charge on any atom is -0.491 e. The zero-order chi connectivity index (χ0) is 30.8. The summed E-state index contributed by atoms with van der Waals surface area (Å²) in [5.41, 5.74) is 0.517. The predicted octanol–water partition coefficient (Wildman–Crippen LogP) is 5.69. The number of thiazole rings is 1. The van der Waals surface area contributed by atoms with E-state index in [0.29, 0.717) is 21.9 Å². The first kappa shape index (κ1) is 31.2. The number of hydrogen-bond acceptors (Lipinski definition) is 8. The zero-order valence-electron chi connectivity index (χ0n) is 23.8. The van der Waals surface area contributed by atoms with E-state index in [0.717, 1.165) is 17.3 Å². The van der Waals surface area contributed by atoms with Crippen molar-refractivity contribution >= 4 is 23.3 Å². The van der Waals surface area contributed by atoms with Crippen LogP contribution in [-0.4, -0.2) is 79.8 Å². The lowest BCUT2D eigenvalue weighted by atomic mass is 9.97. The van der Waals surface area contributed by atoms with E-state index in [-0.39, 0.29) is 37.8 Å². The first-order chi connectivity index (χ1) is 19.6. The second-order valence-corrected chi connectivity index (χ2v) is 12.1. The van der Waals surface area contributed by atoms with Crippen molar-refractivity contribution < 1.29 is 37.3 Å². The number of morpholine rings is 1. The van der Waals surface area contributed by atoms with Crippen LogP contribution in [0.3, 0.4) is 0 Å². The number of aromatic nitrogens is 3. The van der Waals surface area contributed by atoms with Crippen molar-refractivity contribution in [2.75, 3.05) is 26.3 Å². The molecular formula is C28H32F3N5O5S. The monoisotopic (exact) mass is 607 g/mol. The second-order valence-electron chi connectivity index (χ2n) is 10.9. The minimum absolute atomic E-state index is 0.0556. The van der Waals surface area contributed by atoms with E-state index in [9.17, 15) is 27.9 Å². The van der Waals surface area contributed by atoms with Crippen molar-refractivity contribution in [2.45, 2.75) is 58.5 Å². The summed E-state index contributed by atoms with van der Waals surface area (Å²) >= 11 is 1.44. The summed E-state index contributed by atoms with van der Waals surface area (Å²) in [6, 6.07) is 4.36. The predicted molar refractivity (Wildman–Crippen MR) is 148 cm³/mol. The quantitative estimate of drug-likeness (QED) is 0.364. The van der Waals surface area contributed by atoms with Crippen LogP contribution in [0.5, 0.6) is 5.75 Å². The Morgan fingerprint density at radius 3 is 2.43 bits per heavy atom. The Labute approximate surface area is 245 Å². The number of rotatable bonds is 7. The molecule has 1 N–H and O–H groups in total. The van der Waals surface area contributed by atoms with Crippen molar-refractivity contribution in [1.29, 1.82) is 0 Å². The van der Waals surface area contributed by atoms with Crippen LogP contribution >= 0.6 is 11.3 Å². The van der Waals surface area contributed by atoms with Gasteiger partial charge in [-0.05, 0) is 52.8 Å². The number of carboxylic acid groups (broad SMARTS) is 1. The Kier molecular flexibility index (Phi) is 9.06. The molecule has 14 heteroatoms. The average Bonchev–Trinajstić information content (AvgIpc) is 3.37. The van der Waals surface area contributed by atoms with Gasteiger partial charge in [0.25, 0.3) is 5.91 Å². The normalized spacial score (nSPS) is 16.7. The van der Waals surface area contributed by atoms with E-state index in [2.05, 4.69) is 15.0 Å². The summed E-state index contributed by atoms with van der Waals surface area (Å²) in [5, 5.41) is 9.99. The van der Waals surface area contributed by atoms with Gasteiger partial charge in [-0.3, -0.25) is 4.79 Å². The van der Waals surface area contributed by atoms with Gasteiger partial charge in [-0.25, -0.2) is 19.7 Å². The molecule has 226 valence electrons. The fraction of sp³-hybridized carbons (Fsp3) is 0.464. The fourth-order valence-corrected chi connectivity index (χ4v) is 5.40. The number of amides is 2. The summed E-state index contributed by atoms with van der Waals surface area (Å²) in [7, 11) is 0. The molecule has 4 rings (SSSR count). The highest BCUT2D eigenvalue weighted by molar-refractivity contribution is 7.14. The largest absolute Gasteiger partial charge is 0.491 e. The molecule has 3 aromatic rings. The lowest BCUT2D eigenvalue weighted by Crippen LogP contribution is -2.47. The Morgan fingerprint density at radius 2 is 1.86 bits per heavy atom. The number of halogens is 3. The molecule has 1 fully saturated rings. The van der Waals surface area contributed by atoms with E-state index in [1.165, 1.54) is 16.2 Å². The Bertz CT molecular complexity index is 1420. The Morgan fingerprint density at radius 1 is 1.17 bits per heavy atom. The van der Waals surface area contributed by atoms with E-state index in [4.69, 9.17) is 9.47 Å². The standard InChI is InChI=1S/C28H32F3N5O5S/c1-16-11-32-23(42-16)18-8-19(10-21(9-18)41-15-22-14-35(26(38)39)6-7-40-22)24(37)36(27(3,4)5)17(2)20-12-33-25(34-13-20)28(29,30)31/h8-13,17,22H,6-7,14-15H2,1-5H3,(H,38,39)/t17-,22?/m1/s1. The SMILES string of the molecule is Cc1cnc(-c2cc(OCC3CN(C(=O)O)CCO3)cc(C(=O)N([C@H](C)c3cnc(C(F)(F)F)nc3)C(C)(C)C)c2)s1. The van der Waals surface area contributed by atoms with Crippen LogP contribution < -0.4 is 4.74 Å². The van der Waals surface area contributed by atoms with Gasteiger partial charge in [-0.2, -0.15) is 13.2 Å². The van der Waals surface area contributed by atoms with Gasteiger partial charge in [-0.1, -0.05) is 0 Å². The molecule has 0 saturated carbocycles. The molecule has 42 heavy (non-hydrogen) atoms. The molecule has 0 spiro atoms. The molecule has 1 aliphatic heterocycles. The molecule has 0 radical (unpaired) electrons. The number of benzene rings is 1. The molecular weight excluding hydrogens is 575 g/mol. The molecule has 0 aliphatic carbocycles. The van der Waals surface area contributed by atoms with Crippen molar-refractivity contribution in [2.24, 2.45) is 0 Å². The third-order valence-electron chi connectivity index (χ3n) is 6.60. The van der Waals surface area contributed by atoms with E-state index in [1.807, 2.05) is 27.7 Å². The van der Waals surface area contributed by atoms with Crippen LogP contribution in [0.15, 0.2) is 36.8 Å². The third kappa shape index (κ3) is 7.34. The summed E-state index contributed by atoms with van der Waals surface area (Å²) < 4.78 is 50.8. The van der Waals surface area contributed by atoms with Crippen LogP contribution in [0, 0.1) is 6.92 Å². The Balaban J connectivity index is 1.66. The fourth-order valence-electron chi connectivity index (χ4n) is 4.65. The maximum Gasteiger partial charge on any atom is 0.451 e. The minimum atomic E-state index is -4.68. The highest BCUT2D eigenvalue weighted by Crippen LogP contribution is 2.34. The van der Waals surface area contributed by atoms with Crippen molar-refractivity contribution in [3.05, 3.63) is 58.6 Å². The number of alkyl halides is 3. The van der Waals surface area contributed by atoms with Gasteiger partial charge in [0.05, 0.1) is 19.2 Å². The number of nitrogens with zero attached hydrogens (tertiary/aromatic N) is 5. The molecule has 10 nitrogen and oxygen atoms in total. The van der Waals surface area contributed by atoms with E-state index >= 15 is 0 Å². The number of carbonyl (C=O) groups excluding carboxylic acids is 1. The van der Waals surface area contributed by atoms with Crippen molar-refractivity contribution in [3.63, 3.8) is 0 Å². The van der Waals surface area contributed by atoms with Gasteiger partial charge >= 0.3 is 12.3 Å². The molecule has 1 aliphatic rings. The summed E-state index contributed by atoms with van der Waals surface area (Å²) in [5.74, 6) is -1.28. The first-order valence-electron chi connectivity index (χ1n) is 13.2. The highest BCUT2D eigenvalue weighted by atomic mass is 32.1. The third-order valence-corrected chi connectivity index (χ3v) is 7.57. The smallest absolute Gasteiger partial charge is 0.451 e. The van der Waals surface area contributed by atoms with Crippen LogP contribution in [0.1, 0.15) is 60.4 Å². The van der Waals surface area contributed by atoms with Gasteiger partial charge in [0.2, 0.25) is 5.82 Å². The molecule has 0 bridgehead atoms. The highest BCUT2D eigenvalue weighted by Gasteiger charge is 2.36. The second kappa shape index (κ2) is 12.2. The molecule has 1 aromatic carbocycles. The topological polar surface area (TPSA) is 118 Å². The van der Waals surface area contributed by atoms with E-state index in [1.54, 1.807) is 36.2 Å². The average molecular weight is 608 g/mol. The molecule has 2 aromatic heterocycles. The molecule has 2 atom stereocenters. The van der Waals surface area contributed by atoms with Crippen LogP contribution in [0.25, 0.3) is 10.6 Å². The molecule has 3 heterocycles. The first-order valence-corrected chi connectivity index (χ1v) is 14.0. The van der Waals surface area contributed by atoms with Crippen LogP contribution in [0.4, 0.5) is 18.0 Å². The lowest BCUT2D eigenvalue weighted by Gasteiger charge is -2.40. The summed E-state index contributed by atoms with van der Waals surface area (Å²) in [6.45, 7) is 9.82. The summed E-state index contributed by atoms with van der Waals surface area (Å²) in [6.07, 6.45) is -2.32. The molecule has 1 unspecified atom stereocenters. The van der Waals surface area contributed by atoms with Crippen molar-refractivity contribution in [3.8, 4) is 16.3 Å².